The minimum Gasteiger partial charge on any atom is -0.478 e. The lowest BCUT2D eigenvalue weighted by atomic mass is 10.2. The van der Waals surface area contributed by atoms with Gasteiger partial charge in [0.2, 0.25) is 0 Å². The fourth-order valence-electron chi connectivity index (χ4n) is 1.12. The Morgan fingerprint density at radius 2 is 2.17 bits per heavy atom. The molecular weight excluding hydrogens is 258 g/mol. The first-order valence-electron chi connectivity index (χ1n) is 5.02. The molecule has 18 heavy (non-hydrogen) atoms. The number of carboxylic acid groups (broad SMARTS) is 1. The number of carboxylic acids is 1. The second-order valence-electron chi connectivity index (χ2n) is 3.39. The predicted molar refractivity (Wildman–Crippen MR) is 66.4 cm³/mol. The summed E-state index contributed by atoms with van der Waals surface area (Å²) in [6, 6.07) is 2.34. The van der Waals surface area contributed by atoms with Crippen LogP contribution in [0.1, 0.15) is 16.1 Å². The molecule has 0 saturated carbocycles. The third-order valence-electron chi connectivity index (χ3n) is 1.93. The normalized spacial score (nSPS) is 9.61. The van der Waals surface area contributed by atoms with Crippen LogP contribution in [0.5, 0.6) is 0 Å². The number of hydrogen-bond donors (Lipinski definition) is 3. The number of aromatic nitrogens is 1. The van der Waals surface area contributed by atoms with Crippen molar-refractivity contribution in [2.45, 2.75) is 6.54 Å². The zero-order valence-corrected chi connectivity index (χ0v) is 10.2. The van der Waals surface area contributed by atoms with Crippen molar-refractivity contribution in [2.24, 2.45) is 0 Å². The molecule has 0 aliphatic rings. The van der Waals surface area contributed by atoms with Crippen LogP contribution in [-0.2, 0) is 6.54 Å². The summed E-state index contributed by atoms with van der Waals surface area (Å²) in [5.74, 6) is -1.04. The summed E-state index contributed by atoms with van der Waals surface area (Å²) in [6.45, 7) is 3.71. The Balaban J connectivity index is 2.48. The first-order chi connectivity index (χ1) is 8.49. The van der Waals surface area contributed by atoms with E-state index in [0.717, 1.165) is 0 Å². The number of carbonyl (C=O) groups is 2. The van der Waals surface area contributed by atoms with Crippen molar-refractivity contribution < 1.29 is 14.7 Å². The van der Waals surface area contributed by atoms with Gasteiger partial charge in [-0.3, -0.25) is 4.98 Å². The Kier molecular flexibility index (Phi) is 5.13. The number of nitrogens with one attached hydrogen (secondary N) is 2. The second kappa shape index (κ2) is 6.61. The van der Waals surface area contributed by atoms with Crippen LogP contribution in [0, 0.1) is 0 Å². The van der Waals surface area contributed by atoms with Crippen LogP contribution in [0.25, 0.3) is 0 Å². The molecule has 7 heteroatoms. The van der Waals surface area contributed by atoms with Gasteiger partial charge in [-0.15, -0.1) is 0 Å². The first-order valence-corrected chi connectivity index (χ1v) is 5.40. The largest absolute Gasteiger partial charge is 0.478 e. The minimum atomic E-state index is -1.04. The zero-order valence-electron chi connectivity index (χ0n) is 9.44. The molecule has 0 saturated heterocycles. The van der Waals surface area contributed by atoms with Crippen molar-refractivity contribution >= 4 is 23.6 Å². The average Bonchev–Trinajstić information content (AvgIpc) is 2.34. The lowest BCUT2D eigenvalue weighted by Crippen LogP contribution is -2.35. The van der Waals surface area contributed by atoms with Crippen LogP contribution in [0.4, 0.5) is 4.79 Å². The molecule has 0 unspecified atom stereocenters. The van der Waals surface area contributed by atoms with E-state index in [4.69, 9.17) is 16.7 Å². The molecule has 0 bridgehead atoms. The quantitative estimate of drug-likeness (QED) is 0.752. The molecule has 0 aromatic carbocycles. The maximum atomic E-state index is 11.3. The SMILES string of the molecule is C=C(Cl)CNC(=O)NCc1cc(C(=O)O)ccn1. The minimum absolute atomic E-state index is 0.122. The molecule has 0 aliphatic heterocycles. The van der Waals surface area contributed by atoms with Crippen LogP contribution in [0.3, 0.4) is 0 Å². The van der Waals surface area contributed by atoms with E-state index >= 15 is 0 Å². The third kappa shape index (κ3) is 4.84. The Bertz CT molecular complexity index is 476. The first kappa shape index (κ1) is 14.0. The highest BCUT2D eigenvalue weighted by Gasteiger charge is 2.05. The Morgan fingerprint density at radius 1 is 1.44 bits per heavy atom. The van der Waals surface area contributed by atoms with E-state index < -0.39 is 12.0 Å². The monoisotopic (exact) mass is 269 g/mol. The Morgan fingerprint density at radius 3 is 2.78 bits per heavy atom. The highest BCUT2D eigenvalue weighted by atomic mass is 35.5. The van der Waals surface area contributed by atoms with Gasteiger partial charge >= 0.3 is 12.0 Å². The molecule has 1 aromatic heterocycles. The van der Waals surface area contributed by atoms with Crippen LogP contribution >= 0.6 is 11.6 Å². The number of rotatable bonds is 5. The van der Waals surface area contributed by atoms with E-state index in [1.807, 2.05) is 0 Å². The number of halogens is 1. The van der Waals surface area contributed by atoms with Gasteiger partial charge in [0.15, 0.2) is 0 Å². The number of carbonyl (C=O) groups excluding carboxylic acids is 1. The summed E-state index contributed by atoms with van der Waals surface area (Å²) < 4.78 is 0. The molecule has 0 fully saturated rings. The average molecular weight is 270 g/mol. The highest BCUT2D eigenvalue weighted by molar-refractivity contribution is 6.29. The second-order valence-corrected chi connectivity index (χ2v) is 3.93. The van der Waals surface area contributed by atoms with Crippen LogP contribution in [0.2, 0.25) is 0 Å². The number of aromatic carboxylic acids is 1. The molecule has 0 aliphatic carbocycles. The van der Waals surface area contributed by atoms with Crippen LogP contribution in [-0.4, -0.2) is 28.6 Å². The van der Waals surface area contributed by atoms with Gasteiger partial charge in [-0.1, -0.05) is 18.2 Å². The van der Waals surface area contributed by atoms with Gasteiger partial charge in [-0.25, -0.2) is 9.59 Å². The molecule has 0 radical (unpaired) electrons. The summed E-state index contributed by atoms with van der Waals surface area (Å²) >= 11 is 5.48. The standard InChI is InChI=1S/C11H12ClN3O3/c1-7(12)5-14-11(18)15-6-9-4-8(10(16)17)2-3-13-9/h2-4H,1,5-6H2,(H,16,17)(H2,14,15,18). The summed E-state index contributed by atoms with van der Waals surface area (Å²) in [7, 11) is 0. The van der Waals surface area contributed by atoms with Crippen LogP contribution < -0.4 is 10.6 Å². The Labute approximate surface area is 109 Å². The topological polar surface area (TPSA) is 91.3 Å². The van der Waals surface area contributed by atoms with Gasteiger partial charge in [0.25, 0.3) is 0 Å². The van der Waals surface area contributed by atoms with Crippen molar-refractivity contribution in [3.8, 4) is 0 Å². The van der Waals surface area contributed by atoms with Crippen LogP contribution in [0.15, 0.2) is 29.9 Å². The molecule has 2 amide bonds. The van der Waals surface area contributed by atoms with E-state index in [1.165, 1.54) is 18.3 Å². The van der Waals surface area contributed by atoms with E-state index in [-0.39, 0.29) is 18.7 Å². The van der Waals surface area contributed by atoms with Crippen molar-refractivity contribution in [2.75, 3.05) is 6.54 Å². The molecule has 96 valence electrons. The lowest BCUT2D eigenvalue weighted by Gasteiger charge is -2.06. The van der Waals surface area contributed by atoms with E-state index in [2.05, 4.69) is 22.2 Å². The molecule has 0 spiro atoms. The molecule has 6 nitrogen and oxygen atoms in total. The number of urea groups is 1. The van der Waals surface area contributed by atoms with Gasteiger partial charge in [-0.2, -0.15) is 0 Å². The van der Waals surface area contributed by atoms with Gasteiger partial charge in [-0.05, 0) is 12.1 Å². The molecule has 0 atom stereocenters. The summed E-state index contributed by atoms with van der Waals surface area (Å²) in [4.78, 5) is 25.9. The zero-order chi connectivity index (χ0) is 13.5. The van der Waals surface area contributed by atoms with Gasteiger partial charge in [0, 0.05) is 11.2 Å². The van der Waals surface area contributed by atoms with Gasteiger partial charge in [0.1, 0.15) is 0 Å². The lowest BCUT2D eigenvalue weighted by molar-refractivity contribution is 0.0696. The van der Waals surface area contributed by atoms with Crippen molar-refractivity contribution in [3.63, 3.8) is 0 Å². The smallest absolute Gasteiger partial charge is 0.335 e. The third-order valence-corrected chi connectivity index (χ3v) is 2.07. The van der Waals surface area contributed by atoms with E-state index in [0.29, 0.717) is 10.7 Å². The fourth-order valence-corrected chi connectivity index (χ4v) is 1.18. The predicted octanol–water partition coefficient (Wildman–Crippen LogP) is 1.33. The van der Waals surface area contributed by atoms with E-state index in [1.54, 1.807) is 0 Å². The number of amides is 2. The molecule has 1 heterocycles. The van der Waals surface area contributed by atoms with Crippen molar-refractivity contribution in [1.82, 2.24) is 15.6 Å². The maximum absolute atomic E-state index is 11.3. The number of nitrogens with zero attached hydrogens (tertiary/aromatic N) is 1. The molecule has 1 rings (SSSR count). The fraction of sp³-hybridized carbons (Fsp3) is 0.182. The Hall–Kier alpha value is -2.08. The summed E-state index contributed by atoms with van der Waals surface area (Å²) in [5, 5.41) is 14.1. The summed E-state index contributed by atoms with van der Waals surface area (Å²) in [6.07, 6.45) is 1.37. The highest BCUT2D eigenvalue weighted by Crippen LogP contribution is 2.01. The van der Waals surface area contributed by atoms with Crippen molar-refractivity contribution in [1.29, 1.82) is 0 Å². The van der Waals surface area contributed by atoms with Gasteiger partial charge in [0.05, 0.1) is 24.3 Å². The maximum Gasteiger partial charge on any atom is 0.335 e. The molecule has 3 N–H and O–H groups in total. The summed E-state index contributed by atoms with van der Waals surface area (Å²) in [5.41, 5.74) is 0.575. The number of pyridine rings is 1. The molecule has 1 aromatic rings. The van der Waals surface area contributed by atoms with E-state index in [9.17, 15) is 9.59 Å². The van der Waals surface area contributed by atoms with Gasteiger partial charge < -0.3 is 15.7 Å². The van der Waals surface area contributed by atoms with Crippen molar-refractivity contribution in [3.05, 3.63) is 41.2 Å². The molecular formula is C11H12ClN3O3. The number of hydrogen-bond acceptors (Lipinski definition) is 3.